The lowest BCUT2D eigenvalue weighted by molar-refractivity contribution is 0.118. The molecule has 13 heavy (non-hydrogen) atoms. The van der Waals surface area contributed by atoms with Crippen LogP contribution in [0, 0.1) is 0 Å². The number of piperazine rings is 1. The van der Waals surface area contributed by atoms with Gasteiger partial charge in [0, 0.05) is 32.2 Å². The summed E-state index contributed by atoms with van der Waals surface area (Å²) in [6.07, 6.45) is 1.14. The Hall–Kier alpha value is -0.340. The minimum Gasteiger partial charge on any atom is -0.304 e. The van der Waals surface area contributed by atoms with E-state index >= 15 is 0 Å². The summed E-state index contributed by atoms with van der Waals surface area (Å²) in [5.74, 6) is 0. The molecule has 1 saturated heterocycles. The first kappa shape index (κ1) is 10.7. The lowest BCUT2D eigenvalue weighted by atomic mass is 10.1. The Kier molecular flexibility index (Phi) is 3.94. The van der Waals surface area contributed by atoms with Crippen molar-refractivity contribution in [3.63, 3.8) is 0 Å². The third-order valence-electron chi connectivity index (χ3n) is 2.81. The van der Waals surface area contributed by atoms with Gasteiger partial charge in [-0.05, 0) is 27.3 Å². The molecule has 2 nitrogen and oxygen atoms in total. The molecule has 1 fully saturated rings. The van der Waals surface area contributed by atoms with Crippen LogP contribution in [0.1, 0.15) is 20.3 Å². The smallest absolute Gasteiger partial charge is 0.0113 e. The predicted octanol–water partition coefficient (Wildman–Crippen LogP) is 1.59. The SMILES string of the molecule is C=C(C)CC(C)N1CCN(C)CC1. The average molecular weight is 182 g/mol. The van der Waals surface area contributed by atoms with Crippen LogP contribution < -0.4 is 0 Å². The van der Waals surface area contributed by atoms with Crippen molar-refractivity contribution in [1.82, 2.24) is 9.80 Å². The normalized spacial score (nSPS) is 23.0. The van der Waals surface area contributed by atoms with Crippen molar-refractivity contribution >= 4 is 0 Å². The summed E-state index contributed by atoms with van der Waals surface area (Å²) in [6.45, 7) is 13.2. The van der Waals surface area contributed by atoms with Gasteiger partial charge in [0.25, 0.3) is 0 Å². The molecule has 0 saturated carbocycles. The third-order valence-corrected chi connectivity index (χ3v) is 2.81. The molecule has 1 aliphatic rings. The van der Waals surface area contributed by atoms with Gasteiger partial charge in [0.15, 0.2) is 0 Å². The number of rotatable bonds is 3. The Morgan fingerprint density at radius 1 is 1.31 bits per heavy atom. The summed E-state index contributed by atoms with van der Waals surface area (Å²) in [6, 6.07) is 0.672. The molecule has 1 unspecified atom stereocenters. The molecule has 1 rings (SSSR count). The molecule has 0 amide bonds. The largest absolute Gasteiger partial charge is 0.304 e. The molecule has 0 N–H and O–H groups in total. The molecular formula is C11H22N2. The molecule has 0 aromatic heterocycles. The Balaban J connectivity index is 2.31. The Bertz CT molecular complexity index is 169. The van der Waals surface area contributed by atoms with Gasteiger partial charge >= 0.3 is 0 Å². The maximum Gasteiger partial charge on any atom is 0.0113 e. The van der Waals surface area contributed by atoms with Crippen LogP contribution in [0.5, 0.6) is 0 Å². The minimum atomic E-state index is 0.672. The zero-order valence-electron chi connectivity index (χ0n) is 9.21. The number of likely N-dealkylation sites (N-methyl/N-ethyl adjacent to an activating group) is 1. The lowest BCUT2D eigenvalue weighted by Gasteiger charge is -2.36. The van der Waals surface area contributed by atoms with E-state index < -0.39 is 0 Å². The first-order valence-corrected chi connectivity index (χ1v) is 5.16. The van der Waals surface area contributed by atoms with E-state index in [9.17, 15) is 0 Å². The molecule has 1 atom stereocenters. The predicted molar refractivity (Wildman–Crippen MR) is 58.0 cm³/mol. The quantitative estimate of drug-likeness (QED) is 0.612. The summed E-state index contributed by atoms with van der Waals surface area (Å²) in [5.41, 5.74) is 1.30. The van der Waals surface area contributed by atoms with Gasteiger partial charge in [-0.2, -0.15) is 0 Å². The van der Waals surface area contributed by atoms with E-state index in [0.29, 0.717) is 6.04 Å². The monoisotopic (exact) mass is 182 g/mol. The highest BCUT2D eigenvalue weighted by Crippen LogP contribution is 2.11. The topological polar surface area (TPSA) is 6.48 Å². The van der Waals surface area contributed by atoms with Crippen LogP contribution in [0.4, 0.5) is 0 Å². The van der Waals surface area contributed by atoms with Gasteiger partial charge in [0.2, 0.25) is 0 Å². The Labute approximate surface area is 82.2 Å². The van der Waals surface area contributed by atoms with Crippen molar-refractivity contribution in [3.05, 3.63) is 12.2 Å². The van der Waals surface area contributed by atoms with E-state index in [1.165, 1.54) is 31.8 Å². The first-order chi connectivity index (χ1) is 6.09. The fraction of sp³-hybridized carbons (Fsp3) is 0.818. The summed E-state index contributed by atoms with van der Waals surface area (Å²) < 4.78 is 0. The van der Waals surface area contributed by atoms with E-state index in [1.807, 2.05) is 0 Å². The fourth-order valence-electron chi connectivity index (χ4n) is 1.90. The Morgan fingerprint density at radius 2 is 1.85 bits per heavy atom. The standard InChI is InChI=1S/C11H22N2/c1-10(2)9-11(3)13-7-5-12(4)6-8-13/h11H,1,5-9H2,2-4H3. The number of hydrogen-bond acceptors (Lipinski definition) is 2. The molecule has 0 aromatic carbocycles. The summed E-state index contributed by atoms with van der Waals surface area (Å²) in [4.78, 5) is 4.96. The van der Waals surface area contributed by atoms with Crippen LogP contribution in [-0.2, 0) is 0 Å². The molecular weight excluding hydrogens is 160 g/mol. The van der Waals surface area contributed by atoms with Crippen molar-refractivity contribution in [1.29, 1.82) is 0 Å². The first-order valence-electron chi connectivity index (χ1n) is 5.16. The van der Waals surface area contributed by atoms with Gasteiger partial charge in [-0.15, -0.1) is 6.58 Å². The van der Waals surface area contributed by atoms with Gasteiger partial charge in [-0.1, -0.05) is 5.57 Å². The Morgan fingerprint density at radius 3 is 2.31 bits per heavy atom. The zero-order chi connectivity index (χ0) is 9.84. The van der Waals surface area contributed by atoms with E-state index in [4.69, 9.17) is 0 Å². The summed E-state index contributed by atoms with van der Waals surface area (Å²) in [5, 5.41) is 0. The highest BCUT2D eigenvalue weighted by molar-refractivity contribution is 4.92. The van der Waals surface area contributed by atoms with Crippen molar-refractivity contribution < 1.29 is 0 Å². The molecule has 0 bridgehead atoms. The van der Waals surface area contributed by atoms with Gasteiger partial charge in [-0.3, -0.25) is 4.90 Å². The van der Waals surface area contributed by atoms with Crippen LogP contribution in [-0.4, -0.2) is 49.1 Å². The summed E-state index contributed by atoms with van der Waals surface area (Å²) in [7, 11) is 2.20. The van der Waals surface area contributed by atoms with Crippen molar-refractivity contribution in [2.24, 2.45) is 0 Å². The van der Waals surface area contributed by atoms with E-state index in [-0.39, 0.29) is 0 Å². The average Bonchev–Trinajstić information content (AvgIpc) is 2.04. The highest BCUT2D eigenvalue weighted by atomic mass is 15.3. The van der Waals surface area contributed by atoms with Crippen LogP contribution in [0.15, 0.2) is 12.2 Å². The van der Waals surface area contributed by atoms with Crippen LogP contribution in [0.25, 0.3) is 0 Å². The maximum absolute atomic E-state index is 3.97. The number of nitrogens with zero attached hydrogens (tertiary/aromatic N) is 2. The van der Waals surface area contributed by atoms with E-state index in [1.54, 1.807) is 0 Å². The molecule has 0 aliphatic carbocycles. The molecule has 2 heteroatoms. The third kappa shape index (κ3) is 3.49. The molecule has 0 aromatic rings. The second kappa shape index (κ2) is 4.77. The van der Waals surface area contributed by atoms with Gasteiger partial charge in [0.05, 0.1) is 0 Å². The van der Waals surface area contributed by atoms with Gasteiger partial charge < -0.3 is 4.90 Å². The van der Waals surface area contributed by atoms with Crippen LogP contribution in [0.3, 0.4) is 0 Å². The fourth-order valence-corrected chi connectivity index (χ4v) is 1.90. The molecule has 1 aliphatic heterocycles. The molecule has 76 valence electrons. The maximum atomic E-state index is 3.97. The van der Waals surface area contributed by atoms with Crippen LogP contribution >= 0.6 is 0 Å². The molecule has 0 spiro atoms. The van der Waals surface area contributed by atoms with Gasteiger partial charge in [-0.25, -0.2) is 0 Å². The highest BCUT2D eigenvalue weighted by Gasteiger charge is 2.18. The lowest BCUT2D eigenvalue weighted by Crippen LogP contribution is -2.48. The zero-order valence-corrected chi connectivity index (χ0v) is 9.21. The molecule has 1 heterocycles. The number of hydrogen-bond donors (Lipinski definition) is 0. The summed E-state index contributed by atoms with van der Waals surface area (Å²) >= 11 is 0. The second-order valence-corrected chi connectivity index (χ2v) is 4.35. The van der Waals surface area contributed by atoms with E-state index in [0.717, 1.165) is 6.42 Å². The van der Waals surface area contributed by atoms with Crippen molar-refractivity contribution in [3.8, 4) is 0 Å². The second-order valence-electron chi connectivity index (χ2n) is 4.35. The van der Waals surface area contributed by atoms with Gasteiger partial charge in [0.1, 0.15) is 0 Å². The molecule has 0 radical (unpaired) electrons. The van der Waals surface area contributed by atoms with Crippen LogP contribution in [0.2, 0.25) is 0 Å². The van der Waals surface area contributed by atoms with Crippen molar-refractivity contribution in [2.75, 3.05) is 33.2 Å². The minimum absolute atomic E-state index is 0.672. The van der Waals surface area contributed by atoms with Crippen molar-refractivity contribution in [2.45, 2.75) is 26.3 Å². The van der Waals surface area contributed by atoms with E-state index in [2.05, 4.69) is 37.3 Å².